The van der Waals surface area contributed by atoms with Gasteiger partial charge in [0.15, 0.2) is 5.96 Å². The van der Waals surface area contributed by atoms with Crippen molar-refractivity contribution in [3.8, 4) is 11.5 Å². The van der Waals surface area contributed by atoms with Gasteiger partial charge in [-0.25, -0.2) is 0 Å². The first-order chi connectivity index (χ1) is 23.0. The average molecular weight is 670 g/mol. The van der Waals surface area contributed by atoms with E-state index in [4.69, 9.17) is 15.0 Å². The third-order valence-corrected chi connectivity index (χ3v) is 10.5. The quantitative estimate of drug-likeness (QED) is 0.276. The van der Waals surface area contributed by atoms with Crippen molar-refractivity contribution < 1.29 is 10.2 Å². The van der Waals surface area contributed by atoms with E-state index in [0.29, 0.717) is 11.5 Å². The second-order valence-corrected chi connectivity index (χ2v) is 17.7. The predicted molar refractivity (Wildman–Crippen MR) is 207 cm³/mol. The summed E-state index contributed by atoms with van der Waals surface area (Å²) >= 11 is 0. The first-order valence-corrected chi connectivity index (χ1v) is 18.9. The summed E-state index contributed by atoms with van der Waals surface area (Å²) < 4.78 is 0. The van der Waals surface area contributed by atoms with Gasteiger partial charge >= 0.3 is 0 Å². The Kier molecular flexibility index (Phi) is 11.2. The number of aryl methyl sites for hydroxylation is 1. The van der Waals surface area contributed by atoms with Crippen molar-refractivity contribution in [2.24, 2.45) is 15.0 Å². The summed E-state index contributed by atoms with van der Waals surface area (Å²) in [7, 11) is 0. The Morgan fingerprint density at radius 1 is 0.714 bits per heavy atom. The normalized spacial score (nSPS) is 21.0. The number of benzene rings is 2. The first kappa shape index (κ1) is 36.9. The highest BCUT2D eigenvalue weighted by Crippen LogP contribution is 2.38. The van der Waals surface area contributed by atoms with E-state index in [9.17, 15) is 10.2 Å². The van der Waals surface area contributed by atoms with Crippen molar-refractivity contribution in [1.29, 1.82) is 0 Å². The lowest BCUT2D eigenvalue weighted by Gasteiger charge is -2.41. The van der Waals surface area contributed by atoms with E-state index in [1.54, 1.807) is 0 Å². The number of guanidine groups is 1. The van der Waals surface area contributed by atoms with Gasteiger partial charge in [0.05, 0.1) is 12.1 Å². The van der Waals surface area contributed by atoms with Crippen molar-refractivity contribution >= 4 is 18.4 Å². The Hall–Kier alpha value is -3.35. The zero-order chi connectivity index (χ0) is 35.6. The van der Waals surface area contributed by atoms with Gasteiger partial charge in [0, 0.05) is 61.8 Å². The topological polar surface area (TPSA) is 84.0 Å². The number of hydrogen-bond donors (Lipinski definition) is 2. The molecule has 1 unspecified atom stereocenters. The summed E-state index contributed by atoms with van der Waals surface area (Å²) in [5.41, 5.74) is 5.64. The zero-order valence-corrected chi connectivity index (χ0v) is 31.9. The molecule has 0 spiro atoms. The number of aromatic hydroxyl groups is 2. The average Bonchev–Trinajstić information content (AvgIpc) is 3.03. The molecule has 2 aromatic rings. The summed E-state index contributed by atoms with van der Waals surface area (Å²) in [5, 5.41) is 22.9. The fourth-order valence-electron chi connectivity index (χ4n) is 7.37. The van der Waals surface area contributed by atoms with Gasteiger partial charge < -0.3 is 20.0 Å². The van der Waals surface area contributed by atoms with Crippen LogP contribution < -0.4 is 0 Å². The van der Waals surface area contributed by atoms with Crippen LogP contribution in [-0.2, 0) is 22.7 Å². The molecule has 7 nitrogen and oxygen atoms in total. The predicted octanol–water partition coefficient (Wildman–Crippen LogP) is 8.54. The highest BCUT2D eigenvalue weighted by molar-refractivity contribution is 5.86. The van der Waals surface area contributed by atoms with Gasteiger partial charge in [0.1, 0.15) is 11.5 Å². The van der Waals surface area contributed by atoms with Crippen LogP contribution in [-0.4, -0.2) is 83.2 Å². The summed E-state index contributed by atoms with van der Waals surface area (Å²) in [6.45, 7) is 24.9. The molecule has 1 saturated heterocycles. The Morgan fingerprint density at radius 3 is 1.88 bits per heavy atom. The minimum atomic E-state index is -0.188. The molecule has 2 N–H and O–H groups in total. The van der Waals surface area contributed by atoms with Crippen LogP contribution in [0.15, 0.2) is 39.2 Å². The van der Waals surface area contributed by atoms with Crippen molar-refractivity contribution in [3.63, 3.8) is 0 Å². The van der Waals surface area contributed by atoms with E-state index in [-0.39, 0.29) is 28.3 Å². The lowest BCUT2D eigenvalue weighted by atomic mass is 9.79. The van der Waals surface area contributed by atoms with Gasteiger partial charge in [-0.05, 0) is 83.6 Å². The molecule has 0 amide bonds. The summed E-state index contributed by atoms with van der Waals surface area (Å²) in [6.07, 6.45) is 12.0. The molecular weight excluding hydrogens is 606 g/mol. The van der Waals surface area contributed by atoms with Crippen molar-refractivity contribution in [3.05, 3.63) is 57.6 Å². The lowest BCUT2D eigenvalue weighted by molar-refractivity contribution is 0.242. The summed E-state index contributed by atoms with van der Waals surface area (Å²) in [4.78, 5) is 19.9. The van der Waals surface area contributed by atoms with Crippen LogP contribution in [0.3, 0.4) is 0 Å². The third-order valence-electron chi connectivity index (χ3n) is 10.5. The molecular formula is C42H63N5O2. The van der Waals surface area contributed by atoms with E-state index >= 15 is 0 Å². The van der Waals surface area contributed by atoms with E-state index in [1.807, 2.05) is 12.4 Å². The molecule has 1 aliphatic carbocycles. The highest BCUT2D eigenvalue weighted by Gasteiger charge is 2.28. The molecule has 3 aliphatic rings. The van der Waals surface area contributed by atoms with Crippen LogP contribution in [0, 0.1) is 0 Å². The van der Waals surface area contributed by atoms with Crippen LogP contribution in [0.4, 0.5) is 0 Å². The largest absolute Gasteiger partial charge is 0.507 e. The lowest BCUT2D eigenvalue weighted by Crippen LogP contribution is -2.52. The second-order valence-electron chi connectivity index (χ2n) is 17.7. The zero-order valence-electron chi connectivity index (χ0n) is 31.9. The minimum absolute atomic E-state index is 0.0273. The van der Waals surface area contributed by atoms with Gasteiger partial charge in [-0.3, -0.25) is 15.0 Å². The first-order valence-electron chi connectivity index (χ1n) is 18.9. The van der Waals surface area contributed by atoms with E-state index in [0.717, 1.165) is 99.9 Å². The summed E-state index contributed by atoms with van der Waals surface area (Å²) in [5.74, 6) is 1.84. The maximum Gasteiger partial charge on any atom is 0.196 e. The number of fused-ring (bicyclic) bond motifs is 1. The van der Waals surface area contributed by atoms with Crippen molar-refractivity contribution in [1.82, 2.24) is 9.80 Å². The SMILES string of the molecule is CC(C)(C)c1cc(C=NC2CCCC[C@@H]2N=Cc2cc(C(C)(C)C)cc(C(C)(C)C)c2O)c(O)c(CCCN2CCCN3CCCN=C32)c1. The van der Waals surface area contributed by atoms with Crippen LogP contribution >= 0.6 is 0 Å². The Morgan fingerprint density at radius 2 is 1.29 bits per heavy atom. The molecule has 0 radical (unpaired) electrons. The Bertz CT molecular complexity index is 1550. The van der Waals surface area contributed by atoms with E-state index in [2.05, 4.69) is 96.4 Å². The van der Waals surface area contributed by atoms with Crippen LogP contribution in [0.2, 0.25) is 0 Å². The third kappa shape index (κ3) is 9.07. The van der Waals surface area contributed by atoms with Crippen molar-refractivity contribution in [2.45, 2.75) is 142 Å². The maximum atomic E-state index is 11.6. The molecule has 268 valence electrons. The van der Waals surface area contributed by atoms with Crippen molar-refractivity contribution in [2.75, 3.05) is 32.7 Å². The van der Waals surface area contributed by atoms with Crippen LogP contribution in [0.1, 0.15) is 141 Å². The fourth-order valence-corrected chi connectivity index (χ4v) is 7.37. The molecule has 0 bridgehead atoms. The standard InChI is InChI=1S/C42H63N5O2/c1-40(2,3)32-23-29(15-12-19-46-21-14-22-47-20-13-18-43-39(46)47)37(48)30(24-32)27-44-35-16-10-11-17-36(35)45-28-31-25-33(41(4,5)6)26-34(38(31)49)42(7,8)9/h23-28,35-36,48-49H,10-22H2,1-9H3/t35?,36-/m0/s1. The van der Waals surface area contributed by atoms with Gasteiger partial charge in [0.25, 0.3) is 0 Å². The molecule has 2 fully saturated rings. The smallest absolute Gasteiger partial charge is 0.196 e. The monoisotopic (exact) mass is 669 g/mol. The number of aliphatic imine (C=N–C) groups is 3. The Balaban J connectivity index is 1.36. The van der Waals surface area contributed by atoms with Gasteiger partial charge in [-0.1, -0.05) is 87.3 Å². The van der Waals surface area contributed by atoms with E-state index in [1.165, 1.54) is 23.5 Å². The van der Waals surface area contributed by atoms with Gasteiger partial charge in [-0.2, -0.15) is 0 Å². The molecule has 0 aromatic heterocycles. The van der Waals surface area contributed by atoms with Gasteiger partial charge in [0.2, 0.25) is 0 Å². The van der Waals surface area contributed by atoms with Crippen LogP contribution in [0.5, 0.6) is 11.5 Å². The van der Waals surface area contributed by atoms with Crippen LogP contribution in [0.25, 0.3) is 0 Å². The Labute approximate surface area is 296 Å². The molecule has 5 rings (SSSR count). The number of phenols is 2. The van der Waals surface area contributed by atoms with E-state index < -0.39 is 0 Å². The number of phenolic OH excluding ortho intramolecular Hbond substituents is 2. The van der Waals surface area contributed by atoms with Gasteiger partial charge in [-0.15, -0.1) is 0 Å². The number of nitrogens with zero attached hydrogens (tertiary/aromatic N) is 5. The fraction of sp³-hybridized carbons (Fsp3) is 0.643. The molecule has 2 aromatic carbocycles. The molecule has 7 heteroatoms. The molecule has 2 heterocycles. The summed E-state index contributed by atoms with van der Waals surface area (Å²) in [6, 6.07) is 8.62. The molecule has 49 heavy (non-hydrogen) atoms. The number of rotatable bonds is 8. The molecule has 1 saturated carbocycles. The highest BCUT2D eigenvalue weighted by atomic mass is 16.3. The minimum Gasteiger partial charge on any atom is -0.507 e. The maximum absolute atomic E-state index is 11.6. The number of hydrogen-bond acceptors (Lipinski definition) is 7. The second kappa shape index (κ2) is 14.9. The molecule has 2 aliphatic heterocycles. The molecule has 2 atom stereocenters.